The standard InChI is InChI=1S/C19H16O8/c1-9(20)25-11-7-14(26-10(2)21)16-15(8-11)27-19-13(24-4)6-5-12(23-3)17(19)18(16)22/h5-8H,1-4H3. The molecular formula is C19H16O8. The fourth-order valence-electron chi connectivity index (χ4n) is 2.76. The lowest BCUT2D eigenvalue weighted by molar-refractivity contribution is -0.132. The normalized spacial score (nSPS) is 10.7. The molecule has 0 aliphatic rings. The first-order chi connectivity index (χ1) is 12.8. The Morgan fingerprint density at radius 1 is 0.852 bits per heavy atom. The summed E-state index contributed by atoms with van der Waals surface area (Å²) < 4.78 is 26.6. The Morgan fingerprint density at radius 2 is 1.48 bits per heavy atom. The molecule has 0 saturated carbocycles. The second-order valence-electron chi connectivity index (χ2n) is 5.59. The van der Waals surface area contributed by atoms with Gasteiger partial charge in [-0.2, -0.15) is 0 Å². The number of benzene rings is 2. The molecule has 2 aromatic carbocycles. The van der Waals surface area contributed by atoms with Crippen molar-refractivity contribution < 1.29 is 33.0 Å². The van der Waals surface area contributed by atoms with Crippen LogP contribution in [0.2, 0.25) is 0 Å². The van der Waals surface area contributed by atoms with Crippen LogP contribution in [0.15, 0.2) is 33.5 Å². The van der Waals surface area contributed by atoms with E-state index < -0.39 is 17.4 Å². The van der Waals surface area contributed by atoms with Gasteiger partial charge in [0, 0.05) is 26.0 Å². The first-order valence-electron chi connectivity index (χ1n) is 7.88. The number of carbonyl (C=O) groups is 2. The Bertz CT molecular complexity index is 1130. The molecule has 0 atom stereocenters. The quantitative estimate of drug-likeness (QED) is 0.391. The number of fused-ring (bicyclic) bond motifs is 2. The van der Waals surface area contributed by atoms with Crippen LogP contribution in [0.3, 0.4) is 0 Å². The first-order valence-corrected chi connectivity index (χ1v) is 7.88. The second kappa shape index (κ2) is 6.99. The molecule has 1 heterocycles. The Kier molecular flexibility index (Phi) is 4.72. The van der Waals surface area contributed by atoms with Gasteiger partial charge in [-0.1, -0.05) is 0 Å². The van der Waals surface area contributed by atoms with Crippen molar-refractivity contribution >= 4 is 33.9 Å². The summed E-state index contributed by atoms with van der Waals surface area (Å²) >= 11 is 0. The van der Waals surface area contributed by atoms with Crippen LogP contribution in [0.1, 0.15) is 13.8 Å². The number of carbonyl (C=O) groups excluding carboxylic acids is 2. The molecular weight excluding hydrogens is 356 g/mol. The van der Waals surface area contributed by atoms with Gasteiger partial charge in [0.05, 0.1) is 14.2 Å². The van der Waals surface area contributed by atoms with Crippen molar-refractivity contribution in [3.8, 4) is 23.0 Å². The molecule has 0 radical (unpaired) electrons. The Labute approximate surface area is 153 Å². The zero-order chi connectivity index (χ0) is 19.7. The van der Waals surface area contributed by atoms with E-state index in [1.54, 1.807) is 12.1 Å². The van der Waals surface area contributed by atoms with Crippen molar-refractivity contribution in [1.82, 2.24) is 0 Å². The third-order valence-corrected chi connectivity index (χ3v) is 3.74. The fraction of sp³-hybridized carbons (Fsp3) is 0.211. The smallest absolute Gasteiger partial charge is 0.308 e. The molecule has 140 valence electrons. The van der Waals surface area contributed by atoms with Gasteiger partial charge in [0.25, 0.3) is 0 Å². The van der Waals surface area contributed by atoms with Crippen LogP contribution in [-0.4, -0.2) is 26.2 Å². The van der Waals surface area contributed by atoms with Crippen LogP contribution in [-0.2, 0) is 9.59 Å². The topological polar surface area (TPSA) is 101 Å². The second-order valence-corrected chi connectivity index (χ2v) is 5.59. The van der Waals surface area contributed by atoms with Crippen molar-refractivity contribution in [1.29, 1.82) is 0 Å². The SMILES string of the molecule is COc1ccc(OC)c2c(=O)c3c(OC(C)=O)cc(OC(C)=O)cc3oc12. The van der Waals surface area contributed by atoms with Crippen LogP contribution >= 0.6 is 0 Å². The molecule has 8 nitrogen and oxygen atoms in total. The van der Waals surface area contributed by atoms with Crippen molar-refractivity contribution in [2.45, 2.75) is 13.8 Å². The molecule has 0 saturated heterocycles. The van der Waals surface area contributed by atoms with Crippen molar-refractivity contribution in [3.05, 3.63) is 34.5 Å². The third-order valence-electron chi connectivity index (χ3n) is 3.74. The predicted octanol–water partition coefficient (Wildman–Crippen LogP) is 2.81. The molecule has 3 aromatic rings. The van der Waals surface area contributed by atoms with Gasteiger partial charge in [-0.05, 0) is 12.1 Å². The highest BCUT2D eigenvalue weighted by Crippen LogP contribution is 2.37. The summed E-state index contributed by atoms with van der Waals surface area (Å²) in [5.41, 5.74) is -0.259. The Hall–Kier alpha value is -3.55. The van der Waals surface area contributed by atoms with E-state index in [0.29, 0.717) is 5.75 Å². The van der Waals surface area contributed by atoms with E-state index in [1.165, 1.54) is 40.2 Å². The molecule has 0 aliphatic heterocycles. The highest BCUT2D eigenvalue weighted by atomic mass is 16.5. The Balaban J connectivity index is 2.48. The third kappa shape index (κ3) is 3.29. The predicted molar refractivity (Wildman–Crippen MR) is 95.7 cm³/mol. The zero-order valence-corrected chi connectivity index (χ0v) is 15.1. The summed E-state index contributed by atoms with van der Waals surface area (Å²) in [5.74, 6) is -0.651. The van der Waals surface area contributed by atoms with Crippen LogP contribution < -0.4 is 24.4 Å². The van der Waals surface area contributed by atoms with E-state index in [2.05, 4.69) is 0 Å². The summed E-state index contributed by atoms with van der Waals surface area (Å²) in [6.07, 6.45) is 0. The fourth-order valence-corrected chi connectivity index (χ4v) is 2.76. The largest absolute Gasteiger partial charge is 0.496 e. The van der Waals surface area contributed by atoms with E-state index in [0.717, 1.165) is 0 Å². The minimum atomic E-state index is -0.645. The van der Waals surface area contributed by atoms with Gasteiger partial charge in [0.1, 0.15) is 33.6 Å². The molecule has 0 N–H and O–H groups in total. The lowest BCUT2D eigenvalue weighted by atomic mass is 10.1. The number of esters is 2. The summed E-state index contributed by atoms with van der Waals surface area (Å²) in [5, 5.41) is 0.151. The van der Waals surface area contributed by atoms with Crippen LogP contribution in [0.5, 0.6) is 23.0 Å². The van der Waals surface area contributed by atoms with Gasteiger partial charge in [-0.3, -0.25) is 14.4 Å². The minimum Gasteiger partial charge on any atom is -0.496 e. The van der Waals surface area contributed by atoms with Crippen LogP contribution in [0.25, 0.3) is 21.9 Å². The zero-order valence-electron chi connectivity index (χ0n) is 15.1. The van der Waals surface area contributed by atoms with Crippen molar-refractivity contribution in [2.24, 2.45) is 0 Å². The van der Waals surface area contributed by atoms with Gasteiger partial charge < -0.3 is 23.4 Å². The highest BCUT2D eigenvalue weighted by molar-refractivity contribution is 5.99. The van der Waals surface area contributed by atoms with Crippen LogP contribution in [0, 0.1) is 0 Å². The number of methoxy groups -OCH3 is 2. The van der Waals surface area contributed by atoms with Gasteiger partial charge >= 0.3 is 11.9 Å². The van der Waals surface area contributed by atoms with Gasteiger partial charge in [-0.15, -0.1) is 0 Å². The monoisotopic (exact) mass is 372 g/mol. The maximum atomic E-state index is 13.2. The van der Waals surface area contributed by atoms with E-state index in [1.807, 2.05) is 0 Å². The summed E-state index contributed by atoms with van der Waals surface area (Å²) in [6, 6.07) is 5.81. The first kappa shape index (κ1) is 18.2. The van der Waals surface area contributed by atoms with Gasteiger partial charge in [0.2, 0.25) is 5.43 Å². The van der Waals surface area contributed by atoms with E-state index in [4.69, 9.17) is 23.4 Å². The molecule has 0 spiro atoms. The highest BCUT2D eigenvalue weighted by Gasteiger charge is 2.21. The maximum Gasteiger partial charge on any atom is 0.308 e. The number of rotatable bonds is 4. The average molecular weight is 372 g/mol. The minimum absolute atomic E-state index is 0.0140. The number of hydrogen-bond donors (Lipinski definition) is 0. The number of ether oxygens (including phenoxy) is 4. The lowest BCUT2D eigenvalue weighted by Crippen LogP contribution is -2.10. The molecule has 0 fully saturated rings. The van der Waals surface area contributed by atoms with Crippen LogP contribution in [0.4, 0.5) is 0 Å². The van der Waals surface area contributed by atoms with Crippen molar-refractivity contribution in [2.75, 3.05) is 14.2 Å². The molecule has 0 unspecified atom stereocenters. The van der Waals surface area contributed by atoms with Gasteiger partial charge in [0.15, 0.2) is 11.3 Å². The van der Waals surface area contributed by atoms with E-state index in [9.17, 15) is 14.4 Å². The molecule has 0 aliphatic carbocycles. The average Bonchev–Trinajstić information content (AvgIpc) is 2.59. The van der Waals surface area contributed by atoms with Gasteiger partial charge in [-0.25, -0.2) is 0 Å². The lowest BCUT2D eigenvalue weighted by Gasteiger charge is -2.12. The number of hydrogen-bond acceptors (Lipinski definition) is 8. The molecule has 27 heavy (non-hydrogen) atoms. The molecule has 0 bridgehead atoms. The molecule has 0 amide bonds. The summed E-state index contributed by atoms with van der Waals surface area (Å²) in [4.78, 5) is 35.9. The van der Waals surface area contributed by atoms with E-state index >= 15 is 0 Å². The molecule has 8 heteroatoms. The van der Waals surface area contributed by atoms with Crippen molar-refractivity contribution in [3.63, 3.8) is 0 Å². The van der Waals surface area contributed by atoms with E-state index in [-0.39, 0.29) is 39.2 Å². The molecule has 1 aromatic heterocycles. The summed E-state index contributed by atoms with van der Waals surface area (Å²) in [6.45, 7) is 2.41. The summed E-state index contributed by atoms with van der Waals surface area (Å²) in [7, 11) is 2.85. The molecule has 3 rings (SSSR count). The maximum absolute atomic E-state index is 13.2. The Morgan fingerprint density at radius 3 is 2.07 bits per heavy atom.